The lowest BCUT2D eigenvalue weighted by Gasteiger charge is -2.20. The molecule has 3 nitrogen and oxygen atoms in total. The van der Waals surface area contributed by atoms with Gasteiger partial charge in [0.2, 0.25) is 14.2 Å². The number of nitrogens with zero attached hydrogens (tertiary/aromatic N) is 2. The minimum atomic E-state index is -1.75. The molecule has 1 heterocycles. The molecular weight excluding hydrogens is 276 g/mol. The van der Waals surface area contributed by atoms with Crippen molar-refractivity contribution in [1.29, 1.82) is 0 Å². The molecule has 2 aromatic carbocycles. The molecule has 1 aromatic heterocycles. The number of aromatic nitrogens is 2. The lowest BCUT2D eigenvalue weighted by atomic mass is 10.1. The summed E-state index contributed by atoms with van der Waals surface area (Å²) in [6.45, 7) is 6.45. The molecule has 0 radical (unpaired) electrons. The molecule has 0 fully saturated rings. The topological polar surface area (TPSA) is 35.0 Å². The fourth-order valence-corrected chi connectivity index (χ4v) is 2.85. The van der Waals surface area contributed by atoms with Crippen LogP contribution in [0.1, 0.15) is 0 Å². The SMILES string of the molecule is C[Si](C)(C)Oc1nc2ccccc2nc1-c1ccccc1. The third kappa shape index (κ3) is 3.11. The Kier molecular flexibility index (Phi) is 3.47. The highest BCUT2D eigenvalue weighted by Crippen LogP contribution is 2.30. The van der Waals surface area contributed by atoms with Gasteiger partial charge in [0.25, 0.3) is 0 Å². The molecule has 106 valence electrons. The fourth-order valence-electron chi connectivity index (χ4n) is 2.13. The van der Waals surface area contributed by atoms with Crippen LogP contribution in [0.5, 0.6) is 5.88 Å². The minimum Gasteiger partial charge on any atom is -0.530 e. The summed E-state index contributed by atoms with van der Waals surface area (Å²) in [6, 6.07) is 18.0. The van der Waals surface area contributed by atoms with E-state index in [0.717, 1.165) is 22.3 Å². The maximum absolute atomic E-state index is 6.16. The molecule has 0 aliphatic heterocycles. The van der Waals surface area contributed by atoms with Crippen LogP contribution in [-0.4, -0.2) is 18.3 Å². The van der Waals surface area contributed by atoms with Gasteiger partial charge in [0.15, 0.2) is 0 Å². The van der Waals surface area contributed by atoms with E-state index in [1.165, 1.54) is 0 Å². The first-order valence-corrected chi connectivity index (χ1v) is 10.4. The smallest absolute Gasteiger partial charge is 0.244 e. The summed E-state index contributed by atoms with van der Waals surface area (Å²) in [5.41, 5.74) is 3.60. The van der Waals surface area contributed by atoms with E-state index >= 15 is 0 Å². The van der Waals surface area contributed by atoms with E-state index in [9.17, 15) is 0 Å². The molecule has 3 aromatic rings. The van der Waals surface area contributed by atoms with Gasteiger partial charge in [-0.05, 0) is 31.8 Å². The van der Waals surface area contributed by atoms with E-state index in [1.54, 1.807) is 0 Å². The van der Waals surface area contributed by atoms with Crippen LogP contribution in [0.25, 0.3) is 22.3 Å². The Morgan fingerprint density at radius 1 is 0.762 bits per heavy atom. The molecule has 0 aliphatic carbocycles. The summed E-state index contributed by atoms with van der Waals surface area (Å²) in [7, 11) is -1.75. The molecule has 0 saturated carbocycles. The number of hydrogen-bond donors (Lipinski definition) is 0. The third-order valence-electron chi connectivity index (χ3n) is 2.99. The van der Waals surface area contributed by atoms with Gasteiger partial charge in [-0.2, -0.15) is 0 Å². The highest BCUT2D eigenvalue weighted by molar-refractivity contribution is 6.70. The Balaban J connectivity index is 2.22. The highest BCUT2D eigenvalue weighted by Gasteiger charge is 2.21. The van der Waals surface area contributed by atoms with Crippen LogP contribution in [0, 0.1) is 0 Å². The van der Waals surface area contributed by atoms with Crippen LogP contribution in [0.2, 0.25) is 19.6 Å². The zero-order valence-corrected chi connectivity index (χ0v) is 13.5. The zero-order chi connectivity index (χ0) is 14.9. The summed E-state index contributed by atoms with van der Waals surface area (Å²) >= 11 is 0. The van der Waals surface area contributed by atoms with E-state index in [2.05, 4.69) is 24.6 Å². The van der Waals surface area contributed by atoms with Crippen molar-refractivity contribution < 1.29 is 4.43 Å². The van der Waals surface area contributed by atoms with Crippen LogP contribution >= 0.6 is 0 Å². The normalized spacial score (nSPS) is 11.6. The van der Waals surface area contributed by atoms with Gasteiger partial charge in [0.05, 0.1) is 11.0 Å². The molecule has 0 atom stereocenters. The van der Waals surface area contributed by atoms with Crippen molar-refractivity contribution in [3.05, 3.63) is 54.6 Å². The predicted octanol–water partition coefficient (Wildman–Crippen LogP) is 4.51. The van der Waals surface area contributed by atoms with Crippen molar-refractivity contribution in [3.8, 4) is 17.1 Å². The first-order chi connectivity index (χ1) is 10.0. The quantitative estimate of drug-likeness (QED) is 0.667. The summed E-state index contributed by atoms with van der Waals surface area (Å²) in [5, 5.41) is 0. The number of rotatable bonds is 3. The third-order valence-corrected chi connectivity index (χ3v) is 3.79. The van der Waals surface area contributed by atoms with E-state index in [-0.39, 0.29) is 0 Å². The largest absolute Gasteiger partial charge is 0.530 e. The van der Waals surface area contributed by atoms with Gasteiger partial charge in [0, 0.05) is 5.56 Å². The lowest BCUT2D eigenvalue weighted by molar-refractivity contribution is 0.536. The van der Waals surface area contributed by atoms with Gasteiger partial charge >= 0.3 is 0 Å². The van der Waals surface area contributed by atoms with Gasteiger partial charge in [-0.3, -0.25) is 0 Å². The molecule has 0 bridgehead atoms. The summed E-state index contributed by atoms with van der Waals surface area (Å²) in [4.78, 5) is 9.45. The van der Waals surface area contributed by atoms with Crippen LogP contribution in [0.4, 0.5) is 0 Å². The van der Waals surface area contributed by atoms with Crippen LogP contribution in [0.15, 0.2) is 54.6 Å². The maximum Gasteiger partial charge on any atom is 0.244 e. The van der Waals surface area contributed by atoms with E-state index < -0.39 is 8.32 Å². The molecule has 0 saturated heterocycles. The summed E-state index contributed by atoms with van der Waals surface area (Å²) in [5.74, 6) is 0.638. The first kappa shape index (κ1) is 13.8. The van der Waals surface area contributed by atoms with Gasteiger partial charge in [-0.25, -0.2) is 9.97 Å². The van der Waals surface area contributed by atoms with Gasteiger partial charge < -0.3 is 4.43 Å². The Morgan fingerprint density at radius 2 is 1.33 bits per heavy atom. The Labute approximate surface area is 125 Å². The molecule has 0 unspecified atom stereocenters. The van der Waals surface area contributed by atoms with Gasteiger partial charge in [-0.15, -0.1) is 0 Å². The fraction of sp³-hybridized carbons (Fsp3) is 0.176. The predicted molar refractivity (Wildman–Crippen MR) is 88.9 cm³/mol. The minimum absolute atomic E-state index is 0.638. The second-order valence-corrected chi connectivity index (χ2v) is 10.4. The van der Waals surface area contributed by atoms with E-state index in [0.29, 0.717) is 5.88 Å². The van der Waals surface area contributed by atoms with Gasteiger partial charge in [0.1, 0.15) is 5.69 Å². The van der Waals surface area contributed by atoms with Crippen molar-refractivity contribution in [2.24, 2.45) is 0 Å². The molecular formula is C17H18N2OSi. The van der Waals surface area contributed by atoms with E-state index in [1.807, 2.05) is 54.6 Å². The average molecular weight is 294 g/mol. The second kappa shape index (κ2) is 5.29. The van der Waals surface area contributed by atoms with Crippen LogP contribution in [-0.2, 0) is 0 Å². The lowest BCUT2D eigenvalue weighted by Crippen LogP contribution is -2.30. The zero-order valence-electron chi connectivity index (χ0n) is 12.5. The molecule has 4 heteroatoms. The number of hydrogen-bond acceptors (Lipinski definition) is 3. The molecule has 0 amide bonds. The van der Waals surface area contributed by atoms with E-state index in [4.69, 9.17) is 9.41 Å². The summed E-state index contributed by atoms with van der Waals surface area (Å²) < 4.78 is 6.16. The average Bonchev–Trinajstić information content (AvgIpc) is 2.46. The highest BCUT2D eigenvalue weighted by atomic mass is 28.4. The first-order valence-electron chi connectivity index (χ1n) is 7.04. The molecule has 0 N–H and O–H groups in total. The molecule has 3 rings (SSSR count). The van der Waals surface area contributed by atoms with Crippen molar-refractivity contribution in [2.45, 2.75) is 19.6 Å². The van der Waals surface area contributed by atoms with Crippen molar-refractivity contribution in [1.82, 2.24) is 9.97 Å². The summed E-state index contributed by atoms with van der Waals surface area (Å²) in [6.07, 6.45) is 0. The van der Waals surface area contributed by atoms with Crippen LogP contribution < -0.4 is 4.43 Å². The van der Waals surface area contributed by atoms with Crippen molar-refractivity contribution in [2.75, 3.05) is 0 Å². The number of fused-ring (bicyclic) bond motifs is 1. The Bertz CT molecular complexity index is 767. The maximum atomic E-state index is 6.16. The van der Waals surface area contributed by atoms with Crippen LogP contribution in [0.3, 0.4) is 0 Å². The van der Waals surface area contributed by atoms with Gasteiger partial charge in [-0.1, -0.05) is 42.5 Å². The second-order valence-electron chi connectivity index (χ2n) is 5.95. The molecule has 0 aliphatic rings. The monoisotopic (exact) mass is 294 g/mol. The Morgan fingerprint density at radius 3 is 1.95 bits per heavy atom. The van der Waals surface area contributed by atoms with Crippen molar-refractivity contribution >= 4 is 19.4 Å². The molecule has 0 spiro atoms. The molecule has 21 heavy (non-hydrogen) atoms. The Hall–Kier alpha value is -2.20. The number of benzene rings is 2. The number of para-hydroxylation sites is 2. The van der Waals surface area contributed by atoms with Crippen molar-refractivity contribution in [3.63, 3.8) is 0 Å². The standard InChI is InChI=1S/C17H18N2OSi/c1-21(2,3)20-17-16(13-9-5-4-6-10-13)18-14-11-7-8-12-15(14)19-17/h4-12H,1-3H3.